The summed E-state index contributed by atoms with van der Waals surface area (Å²) in [6, 6.07) is 6.55. The van der Waals surface area contributed by atoms with Crippen molar-refractivity contribution in [3.8, 4) is 0 Å². The number of piperazine rings is 1. The molecule has 0 radical (unpaired) electrons. The number of nitrogens with one attached hydrogen (secondary N) is 4. The topological polar surface area (TPSA) is 72.7 Å². The van der Waals surface area contributed by atoms with Crippen molar-refractivity contribution in [2.75, 3.05) is 19.6 Å². The zero-order valence-corrected chi connectivity index (χ0v) is 9.55. The number of aromatic nitrogens is 2. The molecule has 0 amide bonds. The fourth-order valence-electron chi connectivity index (χ4n) is 2.35. The Morgan fingerprint density at radius 2 is 2.06 bits per heavy atom. The minimum absolute atomic E-state index is 0.144. The van der Waals surface area contributed by atoms with Crippen LogP contribution in [0.5, 0.6) is 0 Å². The molecule has 90 valence electrons. The average Bonchev–Trinajstić information content (AvgIpc) is 2.70. The lowest BCUT2D eigenvalue weighted by Crippen LogP contribution is -2.49. The number of imidazole rings is 1. The van der Waals surface area contributed by atoms with E-state index in [4.69, 9.17) is 0 Å². The number of fused-ring (bicyclic) bond motifs is 1. The van der Waals surface area contributed by atoms with Gasteiger partial charge in [-0.15, -0.1) is 0 Å². The standard InChI is InChI=1S/C12H16N4O/c17-12-15-10-2-1-8(6-11(10)16-12)5-9-7-13-3-4-14-9/h1-2,6,9,13-14H,3-5,7H2,(H2,15,16,17). The predicted octanol–water partition coefficient (Wildman–Crippen LogP) is -0.0399. The van der Waals surface area contributed by atoms with E-state index in [2.05, 4.69) is 26.7 Å². The summed E-state index contributed by atoms with van der Waals surface area (Å²) in [4.78, 5) is 16.7. The summed E-state index contributed by atoms with van der Waals surface area (Å²) in [5, 5.41) is 6.85. The fourth-order valence-corrected chi connectivity index (χ4v) is 2.35. The fraction of sp³-hybridized carbons (Fsp3) is 0.417. The number of rotatable bonds is 2. The maximum atomic E-state index is 11.2. The van der Waals surface area contributed by atoms with Crippen molar-refractivity contribution in [3.63, 3.8) is 0 Å². The summed E-state index contributed by atoms with van der Waals surface area (Å²) in [7, 11) is 0. The molecule has 5 nitrogen and oxygen atoms in total. The van der Waals surface area contributed by atoms with Gasteiger partial charge in [-0.1, -0.05) is 6.07 Å². The van der Waals surface area contributed by atoms with Crippen molar-refractivity contribution >= 4 is 11.0 Å². The van der Waals surface area contributed by atoms with Crippen LogP contribution in [-0.4, -0.2) is 35.6 Å². The van der Waals surface area contributed by atoms with Crippen LogP contribution in [0.4, 0.5) is 0 Å². The molecule has 17 heavy (non-hydrogen) atoms. The minimum atomic E-state index is -0.144. The average molecular weight is 232 g/mol. The first-order chi connectivity index (χ1) is 8.31. The molecule has 1 aliphatic heterocycles. The van der Waals surface area contributed by atoms with Gasteiger partial charge in [0.25, 0.3) is 0 Å². The summed E-state index contributed by atoms with van der Waals surface area (Å²) in [5.41, 5.74) is 2.85. The third-order valence-corrected chi connectivity index (χ3v) is 3.19. The molecule has 0 spiro atoms. The number of benzene rings is 1. The maximum absolute atomic E-state index is 11.2. The molecule has 3 rings (SSSR count). The highest BCUT2D eigenvalue weighted by Gasteiger charge is 2.12. The van der Waals surface area contributed by atoms with Gasteiger partial charge in [0.15, 0.2) is 0 Å². The van der Waals surface area contributed by atoms with E-state index in [1.165, 1.54) is 5.56 Å². The number of hydrogen-bond donors (Lipinski definition) is 4. The first kappa shape index (κ1) is 10.6. The summed E-state index contributed by atoms with van der Waals surface area (Å²) in [6.07, 6.45) is 0.982. The van der Waals surface area contributed by atoms with E-state index in [0.29, 0.717) is 6.04 Å². The Morgan fingerprint density at radius 1 is 1.18 bits per heavy atom. The predicted molar refractivity (Wildman–Crippen MR) is 67.3 cm³/mol. The molecule has 0 aliphatic carbocycles. The first-order valence-corrected chi connectivity index (χ1v) is 5.96. The molecule has 1 aromatic carbocycles. The van der Waals surface area contributed by atoms with Crippen molar-refractivity contribution in [1.29, 1.82) is 0 Å². The lowest BCUT2D eigenvalue weighted by molar-refractivity contribution is 0.417. The second-order valence-corrected chi connectivity index (χ2v) is 4.52. The molecule has 0 bridgehead atoms. The largest absolute Gasteiger partial charge is 0.323 e. The maximum Gasteiger partial charge on any atom is 0.323 e. The van der Waals surface area contributed by atoms with Gasteiger partial charge in [-0.2, -0.15) is 0 Å². The van der Waals surface area contributed by atoms with E-state index in [9.17, 15) is 4.79 Å². The normalized spacial score (nSPS) is 20.8. The Bertz CT molecular complexity index is 565. The van der Waals surface area contributed by atoms with Crippen LogP contribution >= 0.6 is 0 Å². The van der Waals surface area contributed by atoms with E-state index in [1.54, 1.807) is 0 Å². The summed E-state index contributed by atoms with van der Waals surface area (Å²) in [6.45, 7) is 3.07. The van der Waals surface area contributed by atoms with E-state index < -0.39 is 0 Å². The number of hydrogen-bond acceptors (Lipinski definition) is 3. The second-order valence-electron chi connectivity index (χ2n) is 4.52. The molecule has 2 aromatic rings. The van der Waals surface area contributed by atoms with Crippen molar-refractivity contribution in [2.45, 2.75) is 12.5 Å². The monoisotopic (exact) mass is 232 g/mol. The lowest BCUT2D eigenvalue weighted by atomic mass is 10.0. The molecule has 1 unspecified atom stereocenters. The molecule has 1 saturated heterocycles. The van der Waals surface area contributed by atoms with Crippen LogP contribution in [-0.2, 0) is 6.42 Å². The van der Waals surface area contributed by atoms with Gasteiger partial charge in [-0.05, 0) is 24.1 Å². The van der Waals surface area contributed by atoms with Gasteiger partial charge in [-0.25, -0.2) is 4.79 Å². The van der Waals surface area contributed by atoms with Crippen LogP contribution in [0, 0.1) is 0 Å². The Labute approximate surface area is 98.6 Å². The minimum Gasteiger partial charge on any atom is -0.314 e. The summed E-state index contributed by atoms with van der Waals surface area (Å²) >= 11 is 0. The van der Waals surface area contributed by atoms with Crippen molar-refractivity contribution in [3.05, 3.63) is 34.2 Å². The molecule has 2 heterocycles. The Balaban J connectivity index is 1.82. The summed E-state index contributed by atoms with van der Waals surface area (Å²) < 4.78 is 0. The van der Waals surface area contributed by atoms with Crippen LogP contribution in [0.3, 0.4) is 0 Å². The highest BCUT2D eigenvalue weighted by molar-refractivity contribution is 5.75. The van der Waals surface area contributed by atoms with Crippen LogP contribution in [0.2, 0.25) is 0 Å². The molecule has 1 atom stereocenters. The van der Waals surface area contributed by atoms with Gasteiger partial charge in [0.05, 0.1) is 11.0 Å². The number of H-pyrrole nitrogens is 2. The molecular formula is C12H16N4O. The summed E-state index contributed by atoms with van der Waals surface area (Å²) in [5.74, 6) is 0. The Hall–Kier alpha value is -1.59. The zero-order chi connectivity index (χ0) is 11.7. The SMILES string of the molecule is O=c1[nH]c2ccc(CC3CNCCN3)cc2[nH]1. The molecular weight excluding hydrogens is 216 g/mol. The smallest absolute Gasteiger partial charge is 0.314 e. The van der Waals surface area contributed by atoms with Crippen molar-refractivity contribution < 1.29 is 0 Å². The van der Waals surface area contributed by atoms with Crippen molar-refractivity contribution in [2.24, 2.45) is 0 Å². The molecule has 1 fully saturated rings. The van der Waals surface area contributed by atoms with Gasteiger partial charge in [-0.3, -0.25) is 0 Å². The zero-order valence-electron chi connectivity index (χ0n) is 9.55. The third-order valence-electron chi connectivity index (χ3n) is 3.19. The van der Waals surface area contributed by atoms with E-state index >= 15 is 0 Å². The van der Waals surface area contributed by atoms with E-state index in [0.717, 1.165) is 37.1 Å². The second kappa shape index (κ2) is 4.35. The van der Waals surface area contributed by atoms with Crippen molar-refractivity contribution in [1.82, 2.24) is 20.6 Å². The highest BCUT2D eigenvalue weighted by atomic mass is 16.1. The molecule has 1 aliphatic rings. The quantitative estimate of drug-likeness (QED) is 0.587. The molecule has 5 heteroatoms. The Morgan fingerprint density at radius 3 is 2.88 bits per heavy atom. The van der Waals surface area contributed by atoms with Gasteiger partial charge in [0.1, 0.15) is 0 Å². The van der Waals surface area contributed by atoms with Crippen LogP contribution in [0.15, 0.2) is 23.0 Å². The van der Waals surface area contributed by atoms with Gasteiger partial charge in [0, 0.05) is 25.7 Å². The Kier molecular flexibility index (Phi) is 2.70. The first-order valence-electron chi connectivity index (χ1n) is 5.96. The molecule has 1 aromatic heterocycles. The van der Waals surface area contributed by atoms with Crippen LogP contribution in [0.25, 0.3) is 11.0 Å². The van der Waals surface area contributed by atoms with Gasteiger partial charge < -0.3 is 20.6 Å². The lowest BCUT2D eigenvalue weighted by Gasteiger charge is -2.24. The van der Waals surface area contributed by atoms with Crippen LogP contribution in [0.1, 0.15) is 5.56 Å². The third kappa shape index (κ3) is 2.25. The number of aromatic amines is 2. The van der Waals surface area contributed by atoms with Crippen LogP contribution < -0.4 is 16.3 Å². The molecule has 4 N–H and O–H groups in total. The van der Waals surface area contributed by atoms with Gasteiger partial charge in [0.2, 0.25) is 0 Å². The van der Waals surface area contributed by atoms with Gasteiger partial charge >= 0.3 is 5.69 Å². The highest BCUT2D eigenvalue weighted by Crippen LogP contribution is 2.12. The molecule has 0 saturated carbocycles. The van der Waals surface area contributed by atoms with E-state index in [1.807, 2.05) is 12.1 Å². The van der Waals surface area contributed by atoms with E-state index in [-0.39, 0.29) is 5.69 Å².